The molecule has 3 heteroatoms. The second-order valence-corrected chi connectivity index (χ2v) is 4.84. The lowest BCUT2D eigenvalue weighted by Crippen LogP contribution is -2.29. The third kappa shape index (κ3) is 2.41. The summed E-state index contributed by atoms with van der Waals surface area (Å²) in [6.07, 6.45) is 0.852. The summed E-state index contributed by atoms with van der Waals surface area (Å²) in [6.45, 7) is 10.7. The van der Waals surface area contributed by atoms with Crippen molar-refractivity contribution in [1.82, 2.24) is 4.57 Å². The van der Waals surface area contributed by atoms with E-state index in [0.717, 1.165) is 23.2 Å². The minimum atomic E-state index is -0.145. The third-order valence-corrected chi connectivity index (χ3v) is 3.14. The quantitative estimate of drug-likeness (QED) is 0.804. The number of rotatable bonds is 3. The lowest BCUT2D eigenvalue weighted by atomic mass is 10.00. The molecule has 0 N–H and O–H groups in total. The van der Waals surface area contributed by atoms with Crippen LogP contribution in [0.2, 0.25) is 0 Å². The fourth-order valence-electron chi connectivity index (χ4n) is 2.27. The zero-order valence-corrected chi connectivity index (χ0v) is 11.3. The van der Waals surface area contributed by atoms with Crippen molar-refractivity contribution in [3.63, 3.8) is 0 Å². The van der Waals surface area contributed by atoms with Gasteiger partial charge in [0.15, 0.2) is 0 Å². The molecule has 0 radical (unpaired) electrons. The molecule has 0 bridgehead atoms. The number of pyridine rings is 1. The maximum absolute atomic E-state index is 12.2. The smallest absolute Gasteiger partial charge is 0.268 e. The molecular formula is C14H20N2O. The Morgan fingerprint density at radius 3 is 2.35 bits per heavy atom. The highest BCUT2D eigenvalue weighted by atomic mass is 16.1. The van der Waals surface area contributed by atoms with E-state index in [4.69, 9.17) is 5.26 Å². The Morgan fingerprint density at radius 1 is 1.35 bits per heavy atom. The molecule has 1 rings (SSSR count). The third-order valence-electron chi connectivity index (χ3n) is 3.14. The molecule has 1 aromatic rings. The molecular weight excluding hydrogens is 212 g/mol. The fourth-order valence-corrected chi connectivity index (χ4v) is 2.27. The first kappa shape index (κ1) is 13.5. The molecule has 0 unspecified atom stereocenters. The van der Waals surface area contributed by atoms with Crippen LogP contribution in [-0.2, 0) is 13.0 Å². The van der Waals surface area contributed by atoms with Crippen molar-refractivity contribution in [2.45, 2.75) is 47.6 Å². The average Bonchev–Trinajstić information content (AvgIpc) is 2.25. The molecule has 0 amide bonds. The fraction of sp³-hybridized carbons (Fsp3) is 0.571. The van der Waals surface area contributed by atoms with Crippen LogP contribution in [0.4, 0.5) is 0 Å². The summed E-state index contributed by atoms with van der Waals surface area (Å²) in [5.41, 5.74) is 3.13. The second-order valence-electron chi connectivity index (χ2n) is 4.84. The number of nitriles is 1. The van der Waals surface area contributed by atoms with E-state index in [-0.39, 0.29) is 5.56 Å². The van der Waals surface area contributed by atoms with Gasteiger partial charge in [-0.05, 0) is 37.3 Å². The molecule has 3 nitrogen and oxygen atoms in total. The van der Waals surface area contributed by atoms with Crippen LogP contribution in [0.5, 0.6) is 0 Å². The minimum absolute atomic E-state index is 0.145. The molecule has 0 fully saturated rings. The Balaban J connectivity index is 3.61. The van der Waals surface area contributed by atoms with Gasteiger partial charge in [0.2, 0.25) is 0 Å². The van der Waals surface area contributed by atoms with Crippen LogP contribution in [0, 0.1) is 31.1 Å². The van der Waals surface area contributed by atoms with Crippen LogP contribution < -0.4 is 5.56 Å². The maximum atomic E-state index is 12.2. The maximum Gasteiger partial charge on any atom is 0.268 e. The monoisotopic (exact) mass is 232 g/mol. The van der Waals surface area contributed by atoms with Crippen molar-refractivity contribution < 1.29 is 0 Å². The highest BCUT2D eigenvalue weighted by molar-refractivity contribution is 5.42. The topological polar surface area (TPSA) is 45.8 Å². The molecule has 0 aromatic carbocycles. The lowest BCUT2D eigenvalue weighted by Gasteiger charge is -2.18. The van der Waals surface area contributed by atoms with Gasteiger partial charge in [-0.25, -0.2) is 0 Å². The van der Waals surface area contributed by atoms with Crippen molar-refractivity contribution in [3.05, 3.63) is 32.7 Å². The van der Waals surface area contributed by atoms with E-state index < -0.39 is 0 Å². The van der Waals surface area contributed by atoms with Gasteiger partial charge >= 0.3 is 0 Å². The summed E-state index contributed by atoms with van der Waals surface area (Å²) in [5, 5.41) is 9.11. The summed E-state index contributed by atoms with van der Waals surface area (Å²) in [6, 6.07) is 2.05. The van der Waals surface area contributed by atoms with Gasteiger partial charge < -0.3 is 4.57 Å². The average molecular weight is 232 g/mol. The standard InChI is InChI=1S/C14H20N2O/c1-6-12-10(4)13(7-15)14(17)16(11(12)5)8-9(2)3/h9H,6,8H2,1-5H3. The highest BCUT2D eigenvalue weighted by Gasteiger charge is 2.15. The van der Waals surface area contributed by atoms with E-state index in [2.05, 4.69) is 20.8 Å². The van der Waals surface area contributed by atoms with Gasteiger partial charge in [-0.15, -0.1) is 0 Å². The zero-order valence-electron chi connectivity index (χ0n) is 11.3. The van der Waals surface area contributed by atoms with Gasteiger partial charge in [0.25, 0.3) is 5.56 Å². The van der Waals surface area contributed by atoms with Gasteiger partial charge in [0.05, 0.1) is 0 Å². The molecule has 0 aliphatic heterocycles. The first-order valence-corrected chi connectivity index (χ1v) is 6.06. The predicted molar refractivity (Wildman–Crippen MR) is 69.1 cm³/mol. The van der Waals surface area contributed by atoms with E-state index in [1.807, 2.05) is 19.9 Å². The van der Waals surface area contributed by atoms with Crippen molar-refractivity contribution in [3.8, 4) is 6.07 Å². The van der Waals surface area contributed by atoms with Crippen LogP contribution in [-0.4, -0.2) is 4.57 Å². The Morgan fingerprint density at radius 2 is 1.94 bits per heavy atom. The summed E-state index contributed by atoms with van der Waals surface area (Å²) < 4.78 is 1.75. The summed E-state index contributed by atoms with van der Waals surface area (Å²) in [7, 11) is 0. The first-order valence-electron chi connectivity index (χ1n) is 6.06. The molecule has 0 saturated heterocycles. The van der Waals surface area contributed by atoms with E-state index in [1.54, 1.807) is 4.57 Å². The minimum Gasteiger partial charge on any atom is -0.311 e. The SMILES string of the molecule is CCc1c(C)c(C#N)c(=O)n(CC(C)C)c1C. The highest BCUT2D eigenvalue weighted by Crippen LogP contribution is 2.16. The van der Waals surface area contributed by atoms with E-state index in [1.165, 1.54) is 0 Å². The van der Waals surface area contributed by atoms with Gasteiger partial charge in [-0.2, -0.15) is 5.26 Å². The van der Waals surface area contributed by atoms with Gasteiger partial charge in [0, 0.05) is 12.2 Å². The van der Waals surface area contributed by atoms with Crippen molar-refractivity contribution in [1.29, 1.82) is 5.26 Å². The van der Waals surface area contributed by atoms with Gasteiger partial charge in [-0.3, -0.25) is 4.79 Å². The van der Waals surface area contributed by atoms with Crippen molar-refractivity contribution in [2.24, 2.45) is 5.92 Å². The van der Waals surface area contributed by atoms with E-state index in [0.29, 0.717) is 18.0 Å². The first-order chi connectivity index (χ1) is 7.93. The Bertz CT molecular complexity index is 518. The number of aromatic nitrogens is 1. The van der Waals surface area contributed by atoms with Crippen LogP contribution in [0.15, 0.2) is 4.79 Å². The Labute approximate surface area is 103 Å². The van der Waals surface area contributed by atoms with Crippen molar-refractivity contribution >= 4 is 0 Å². The van der Waals surface area contributed by atoms with E-state index >= 15 is 0 Å². The molecule has 0 atom stereocenters. The summed E-state index contributed by atoms with van der Waals surface area (Å²) in [4.78, 5) is 12.2. The molecule has 0 aliphatic rings. The number of hydrogen-bond donors (Lipinski definition) is 0. The van der Waals surface area contributed by atoms with Crippen LogP contribution in [0.1, 0.15) is 43.2 Å². The van der Waals surface area contributed by atoms with Crippen molar-refractivity contribution in [2.75, 3.05) is 0 Å². The van der Waals surface area contributed by atoms with Crippen LogP contribution in [0.25, 0.3) is 0 Å². The molecule has 92 valence electrons. The lowest BCUT2D eigenvalue weighted by molar-refractivity contribution is 0.498. The second kappa shape index (κ2) is 5.18. The molecule has 0 saturated carbocycles. The number of nitrogens with zero attached hydrogens (tertiary/aromatic N) is 2. The summed E-state index contributed by atoms with van der Waals surface area (Å²) >= 11 is 0. The van der Waals surface area contributed by atoms with Crippen LogP contribution >= 0.6 is 0 Å². The molecule has 1 heterocycles. The van der Waals surface area contributed by atoms with Gasteiger partial charge in [-0.1, -0.05) is 20.8 Å². The number of hydrogen-bond acceptors (Lipinski definition) is 2. The molecule has 0 aliphatic carbocycles. The molecule has 17 heavy (non-hydrogen) atoms. The normalized spacial score (nSPS) is 10.6. The zero-order chi connectivity index (χ0) is 13.2. The van der Waals surface area contributed by atoms with Crippen LogP contribution in [0.3, 0.4) is 0 Å². The van der Waals surface area contributed by atoms with E-state index in [9.17, 15) is 4.79 Å². The Kier molecular flexibility index (Phi) is 4.11. The Hall–Kier alpha value is -1.56. The summed E-state index contributed by atoms with van der Waals surface area (Å²) in [5.74, 6) is 0.394. The van der Waals surface area contributed by atoms with Gasteiger partial charge in [0.1, 0.15) is 11.6 Å². The molecule has 1 aromatic heterocycles. The largest absolute Gasteiger partial charge is 0.311 e. The predicted octanol–water partition coefficient (Wildman–Crippen LogP) is 2.56. The molecule has 0 spiro atoms.